The van der Waals surface area contributed by atoms with Gasteiger partial charge in [-0.15, -0.1) is 11.3 Å². The first-order chi connectivity index (χ1) is 8.27. The monoisotopic (exact) mass is 249 g/mol. The number of thiophene rings is 1. The number of amides is 1. The van der Waals surface area contributed by atoms with Gasteiger partial charge in [0.1, 0.15) is 6.04 Å². The SMILES string of the molecule is NC(C(=O)NCCn1cccc1)c1cccs1. The van der Waals surface area contributed by atoms with E-state index in [0.29, 0.717) is 6.54 Å². The number of carbonyl (C=O) groups excluding carboxylic acids is 1. The van der Waals surface area contributed by atoms with Gasteiger partial charge in [-0.1, -0.05) is 6.07 Å². The van der Waals surface area contributed by atoms with Crippen LogP contribution in [0.25, 0.3) is 0 Å². The lowest BCUT2D eigenvalue weighted by molar-refractivity contribution is -0.122. The van der Waals surface area contributed by atoms with E-state index in [1.54, 1.807) is 0 Å². The molecule has 0 aromatic carbocycles. The van der Waals surface area contributed by atoms with Gasteiger partial charge in [-0.3, -0.25) is 4.79 Å². The zero-order chi connectivity index (χ0) is 12.1. The molecule has 2 heterocycles. The van der Waals surface area contributed by atoms with Crippen molar-refractivity contribution in [3.8, 4) is 0 Å². The molecule has 0 aliphatic heterocycles. The molecule has 5 heteroatoms. The molecular formula is C12H15N3OS. The van der Waals surface area contributed by atoms with Crippen LogP contribution in [0, 0.1) is 0 Å². The van der Waals surface area contributed by atoms with Crippen LogP contribution >= 0.6 is 11.3 Å². The van der Waals surface area contributed by atoms with Crippen molar-refractivity contribution in [2.45, 2.75) is 12.6 Å². The third-order valence-electron chi connectivity index (χ3n) is 2.47. The Labute approximate surface area is 104 Å². The smallest absolute Gasteiger partial charge is 0.242 e. The third kappa shape index (κ3) is 3.18. The summed E-state index contributed by atoms with van der Waals surface area (Å²) in [6, 6.07) is 7.13. The van der Waals surface area contributed by atoms with Gasteiger partial charge in [0.05, 0.1) is 0 Å². The molecule has 0 aliphatic rings. The number of nitrogens with zero attached hydrogens (tertiary/aromatic N) is 1. The van der Waals surface area contributed by atoms with Crippen LogP contribution in [0.1, 0.15) is 10.9 Å². The van der Waals surface area contributed by atoms with Crippen molar-refractivity contribution in [1.29, 1.82) is 0 Å². The van der Waals surface area contributed by atoms with Crippen molar-refractivity contribution in [1.82, 2.24) is 9.88 Å². The summed E-state index contributed by atoms with van der Waals surface area (Å²) in [5.41, 5.74) is 5.83. The lowest BCUT2D eigenvalue weighted by Crippen LogP contribution is -2.35. The van der Waals surface area contributed by atoms with E-state index in [0.717, 1.165) is 11.4 Å². The van der Waals surface area contributed by atoms with Gasteiger partial charge in [-0.05, 0) is 23.6 Å². The maximum absolute atomic E-state index is 11.7. The first-order valence-corrected chi connectivity index (χ1v) is 6.33. The molecule has 3 N–H and O–H groups in total. The standard InChI is InChI=1S/C12H15N3OS/c13-11(10-4-3-9-17-10)12(16)14-5-8-15-6-1-2-7-15/h1-4,6-7,9,11H,5,8,13H2,(H,14,16). The average molecular weight is 249 g/mol. The van der Waals surface area contributed by atoms with Crippen molar-refractivity contribution in [3.05, 3.63) is 46.9 Å². The molecule has 2 aromatic heterocycles. The quantitative estimate of drug-likeness (QED) is 0.840. The number of carbonyl (C=O) groups is 1. The minimum atomic E-state index is -0.556. The van der Waals surface area contributed by atoms with Crippen molar-refractivity contribution >= 4 is 17.2 Å². The Morgan fingerprint density at radius 3 is 2.82 bits per heavy atom. The van der Waals surface area contributed by atoms with Crippen LogP contribution < -0.4 is 11.1 Å². The number of nitrogens with two attached hydrogens (primary N) is 1. The van der Waals surface area contributed by atoms with E-state index in [2.05, 4.69) is 5.32 Å². The number of aromatic nitrogens is 1. The number of hydrogen-bond acceptors (Lipinski definition) is 3. The van der Waals surface area contributed by atoms with Crippen LogP contribution in [-0.2, 0) is 11.3 Å². The van der Waals surface area contributed by atoms with E-state index in [1.807, 2.05) is 46.6 Å². The Kier molecular flexibility index (Phi) is 3.95. The largest absolute Gasteiger partial charge is 0.353 e. The molecule has 1 amide bonds. The molecule has 1 atom stereocenters. The van der Waals surface area contributed by atoms with Gasteiger partial charge in [-0.25, -0.2) is 0 Å². The van der Waals surface area contributed by atoms with Gasteiger partial charge in [0.25, 0.3) is 0 Å². The fourth-order valence-corrected chi connectivity index (χ4v) is 2.26. The van der Waals surface area contributed by atoms with Gasteiger partial charge in [0.2, 0.25) is 5.91 Å². The highest BCUT2D eigenvalue weighted by Crippen LogP contribution is 2.16. The summed E-state index contributed by atoms with van der Waals surface area (Å²) in [6.45, 7) is 1.35. The summed E-state index contributed by atoms with van der Waals surface area (Å²) in [4.78, 5) is 12.6. The van der Waals surface area contributed by atoms with Crippen LogP contribution in [0.15, 0.2) is 42.0 Å². The van der Waals surface area contributed by atoms with Gasteiger partial charge < -0.3 is 15.6 Å². The second-order valence-electron chi connectivity index (χ2n) is 3.70. The molecule has 2 rings (SSSR count). The van der Waals surface area contributed by atoms with E-state index >= 15 is 0 Å². The molecule has 1 unspecified atom stereocenters. The Balaban J connectivity index is 1.77. The second kappa shape index (κ2) is 5.65. The summed E-state index contributed by atoms with van der Waals surface area (Å²) in [6.07, 6.45) is 3.93. The first-order valence-electron chi connectivity index (χ1n) is 5.45. The Morgan fingerprint density at radius 1 is 1.41 bits per heavy atom. The summed E-state index contributed by atoms with van der Waals surface area (Å²) in [5, 5.41) is 4.75. The number of rotatable bonds is 5. The average Bonchev–Trinajstić information content (AvgIpc) is 3.00. The topological polar surface area (TPSA) is 60.1 Å². The van der Waals surface area contributed by atoms with Crippen LogP contribution in [0.4, 0.5) is 0 Å². The number of hydrogen-bond donors (Lipinski definition) is 2. The molecule has 90 valence electrons. The molecular weight excluding hydrogens is 234 g/mol. The minimum absolute atomic E-state index is 0.125. The molecule has 0 saturated carbocycles. The van der Waals surface area contributed by atoms with E-state index < -0.39 is 6.04 Å². The van der Waals surface area contributed by atoms with Crippen LogP contribution in [0.3, 0.4) is 0 Å². The summed E-state index contributed by atoms with van der Waals surface area (Å²) >= 11 is 1.50. The predicted molar refractivity (Wildman–Crippen MR) is 68.7 cm³/mol. The van der Waals surface area contributed by atoms with Crippen LogP contribution in [0.5, 0.6) is 0 Å². The van der Waals surface area contributed by atoms with Crippen LogP contribution in [-0.4, -0.2) is 17.0 Å². The molecule has 17 heavy (non-hydrogen) atoms. The molecule has 0 radical (unpaired) electrons. The van der Waals surface area contributed by atoms with Gasteiger partial charge >= 0.3 is 0 Å². The molecule has 0 bridgehead atoms. The highest BCUT2D eigenvalue weighted by Gasteiger charge is 2.15. The van der Waals surface area contributed by atoms with E-state index in [1.165, 1.54) is 11.3 Å². The summed E-state index contributed by atoms with van der Waals surface area (Å²) in [5.74, 6) is -0.125. The highest BCUT2D eigenvalue weighted by molar-refractivity contribution is 7.10. The molecule has 0 saturated heterocycles. The van der Waals surface area contributed by atoms with E-state index in [-0.39, 0.29) is 5.91 Å². The van der Waals surface area contributed by atoms with Gasteiger partial charge in [0.15, 0.2) is 0 Å². The van der Waals surface area contributed by atoms with Crippen molar-refractivity contribution in [2.24, 2.45) is 5.73 Å². The third-order valence-corrected chi connectivity index (χ3v) is 3.42. The molecule has 4 nitrogen and oxygen atoms in total. The second-order valence-corrected chi connectivity index (χ2v) is 4.68. The maximum Gasteiger partial charge on any atom is 0.242 e. The minimum Gasteiger partial charge on any atom is -0.353 e. The van der Waals surface area contributed by atoms with E-state index in [4.69, 9.17) is 5.73 Å². The van der Waals surface area contributed by atoms with Crippen molar-refractivity contribution in [3.63, 3.8) is 0 Å². The van der Waals surface area contributed by atoms with Gasteiger partial charge in [-0.2, -0.15) is 0 Å². The van der Waals surface area contributed by atoms with Crippen molar-refractivity contribution in [2.75, 3.05) is 6.54 Å². The highest BCUT2D eigenvalue weighted by atomic mass is 32.1. The predicted octanol–water partition coefficient (Wildman–Crippen LogP) is 1.37. The summed E-state index contributed by atoms with van der Waals surface area (Å²) in [7, 11) is 0. The van der Waals surface area contributed by atoms with Gasteiger partial charge in [0, 0.05) is 30.4 Å². The molecule has 2 aromatic rings. The fraction of sp³-hybridized carbons (Fsp3) is 0.250. The Bertz CT molecular complexity index is 450. The molecule has 0 aliphatic carbocycles. The van der Waals surface area contributed by atoms with E-state index in [9.17, 15) is 4.79 Å². The van der Waals surface area contributed by atoms with Crippen molar-refractivity contribution < 1.29 is 4.79 Å². The lowest BCUT2D eigenvalue weighted by atomic mass is 10.2. The summed E-state index contributed by atoms with van der Waals surface area (Å²) < 4.78 is 2.01. The lowest BCUT2D eigenvalue weighted by Gasteiger charge is -2.10. The van der Waals surface area contributed by atoms with Crippen LogP contribution in [0.2, 0.25) is 0 Å². The Hall–Kier alpha value is -1.59. The zero-order valence-electron chi connectivity index (χ0n) is 9.37. The maximum atomic E-state index is 11.7. The Morgan fingerprint density at radius 2 is 2.18 bits per heavy atom. The number of nitrogens with one attached hydrogen (secondary N) is 1. The normalized spacial score (nSPS) is 12.3. The zero-order valence-corrected chi connectivity index (χ0v) is 10.2. The first kappa shape index (κ1) is 11.9. The fourth-order valence-electron chi connectivity index (χ4n) is 1.53. The molecule has 0 spiro atoms. The molecule has 0 fully saturated rings.